The summed E-state index contributed by atoms with van der Waals surface area (Å²) in [4.78, 5) is 12.5. The molecule has 2 rings (SSSR count). The second-order valence-corrected chi connectivity index (χ2v) is 6.06. The Morgan fingerprint density at radius 1 is 1.48 bits per heavy atom. The quantitative estimate of drug-likeness (QED) is 0.898. The fourth-order valence-electron chi connectivity index (χ4n) is 2.66. The molecule has 0 aromatic heterocycles. The van der Waals surface area contributed by atoms with Crippen LogP contribution >= 0.6 is 0 Å². The number of carbonyl (C=O) groups excluding carboxylic acids is 1. The van der Waals surface area contributed by atoms with Gasteiger partial charge in [-0.2, -0.15) is 0 Å². The minimum Gasteiger partial charge on any atom is -0.497 e. The van der Waals surface area contributed by atoms with Gasteiger partial charge in [-0.25, -0.2) is 4.39 Å². The smallest absolute Gasteiger partial charge is 0.230 e. The lowest BCUT2D eigenvalue weighted by molar-refractivity contribution is -0.127. The molecule has 1 fully saturated rings. The van der Waals surface area contributed by atoms with E-state index in [9.17, 15) is 9.18 Å². The first-order chi connectivity index (χ1) is 9.95. The number of rotatable bonds is 4. The number of nitrogens with one attached hydrogen (secondary N) is 2. The highest BCUT2D eigenvalue weighted by atomic mass is 19.1. The van der Waals surface area contributed by atoms with E-state index in [4.69, 9.17) is 4.74 Å². The van der Waals surface area contributed by atoms with Gasteiger partial charge in [-0.3, -0.25) is 4.79 Å². The molecular formula is C16H23FN2O2. The fraction of sp³-hybridized carbons (Fsp3) is 0.562. The van der Waals surface area contributed by atoms with Gasteiger partial charge in [0, 0.05) is 11.5 Å². The van der Waals surface area contributed by atoms with Crippen molar-refractivity contribution in [1.82, 2.24) is 5.32 Å². The SMILES string of the molecule is COc1ccc(F)c(NC(=O)C(C)(C)C2CCCNC2)c1. The average molecular weight is 294 g/mol. The number of piperidine rings is 1. The first-order valence-corrected chi connectivity index (χ1v) is 7.31. The molecule has 1 atom stereocenters. The average Bonchev–Trinajstić information content (AvgIpc) is 2.50. The van der Waals surface area contributed by atoms with Crippen LogP contribution in [0.2, 0.25) is 0 Å². The van der Waals surface area contributed by atoms with Gasteiger partial charge in [0.05, 0.1) is 12.8 Å². The van der Waals surface area contributed by atoms with Gasteiger partial charge in [-0.15, -0.1) is 0 Å². The van der Waals surface area contributed by atoms with Gasteiger partial charge in [-0.05, 0) is 44.0 Å². The Bertz CT molecular complexity index is 511. The predicted molar refractivity (Wildman–Crippen MR) is 81.0 cm³/mol. The second-order valence-electron chi connectivity index (χ2n) is 6.06. The molecule has 0 spiro atoms. The molecule has 1 amide bonds. The number of carbonyl (C=O) groups is 1. The van der Waals surface area contributed by atoms with E-state index in [1.807, 2.05) is 13.8 Å². The van der Waals surface area contributed by atoms with E-state index in [0.717, 1.165) is 25.9 Å². The van der Waals surface area contributed by atoms with E-state index in [2.05, 4.69) is 10.6 Å². The van der Waals surface area contributed by atoms with Crippen LogP contribution in [0.4, 0.5) is 10.1 Å². The third-order valence-electron chi connectivity index (χ3n) is 4.32. The largest absolute Gasteiger partial charge is 0.497 e. The molecule has 0 aliphatic carbocycles. The van der Waals surface area contributed by atoms with Crippen LogP contribution in [0, 0.1) is 17.2 Å². The topological polar surface area (TPSA) is 50.4 Å². The molecule has 21 heavy (non-hydrogen) atoms. The summed E-state index contributed by atoms with van der Waals surface area (Å²) in [5.41, 5.74) is -0.390. The minimum atomic E-state index is -0.553. The van der Waals surface area contributed by atoms with Gasteiger partial charge in [0.2, 0.25) is 5.91 Å². The zero-order valence-corrected chi connectivity index (χ0v) is 12.8. The molecule has 1 saturated heterocycles. The van der Waals surface area contributed by atoms with E-state index >= 15 is 0 Å². The van der Waals surface area contributed by atoms with Crippen molar-refractivity contribution in [1.29, 1.82) is 0 Å². The molecular weight excluding hydrogens is 271 g/mol. The van der Waals surface area contributed by atoms with Crippen LogP contribution in [0.1, 0.15) is 26.7 Å². The maximum absolute atomic E-state index is 13.8. The standard InChI is InChI=1S/C16H23FN2O2/c1-16(2,11-5-4-8-18-10-11)15(20)19-14-9-12(21-3)6-7-13(14)17/h6-7,9,11,18H,4-5,8,10H2,1-3H3,(H,19,20). The monoisotopic (exact) mass is 294 g/mol. The van der Waals surface area contributed by atoms with Crippen molar-refractivity contribution < 1.29 is 13.9 Å². The van der Waals surface area contributed by atoms with Crippen LogP contribution in [-0.4, -0.2) is 26.1 Å². The van der Waals surface area contributed by atoms with Crippen molar-refractivity contribution in [2.75, 3.05) is 25.5 Å². The van der Waals surface area contributed by atoms with Gasteiger partial charge < -0.3 is 15.4 Å². The Kier molecular flexibility index (Phi) is 4.83. The molecule has 1 aliphatic heterocycles. The highest BCUT2D eigenvalue weighted by molar-refractivity contribution is 5.95. The molecule has 1 aromatic rings. The summed E-state index contributed by atoms with van der Waals surface area (Å²) in [6, 6.07) is 4.33. The van der Waals surface area contributed by atoms with Crippen molar-refractivity contribution in [3.05, 3.63) is 24.0 Å². The maximum atomic E-state index is 13.8. The highest BCUT2D eigenvalue weighted by Crippen LogP contribution is 2.33. The number of hydrogen-bond acceptors (Lipinski definition) is 3. The summed E-state index contributed by atoms with van der Waals surface area (Å²) >= 11 is 0. The molecule has 1 heterocycles. The Balaban J connectivity index is 2.12. The summed E-state index contributed by atoms with van der Waals surface area (Å²) in [7, 11) is 1.51. The van der Waals surface area contributed by atoms with Crippen molar-refractivity contribution in [3.63, 3.8) is 0 Å². The van der Waals surface area contributed by atoms with E-state index < -0.39 is 11.2 Å². The summed E-state index contributed by atoms with van der Waals surface area (Å²) in [5, 5.41) is 6.02. The minimum absolute atomic E-state index is 0.163. The molecule has 1 unspecified atom stereocenters. The molecule has 2 N–H and O–H groups in total. The lowest BCUT2D eigenvalue weighted by Gasteiger charge is -2.36. The van der Waals surface area contributed by atoms with Crippen LogP contribution in [0.25, 0.3) is 0 Å². The van der Waals surface area contributed by atoms with Gasteiger partial charge in [0.25, 0.3) is 0 Å². The van der Waals surface area contributed by atoms with Crippen LogP contribution in [-0.2, 0) is 4.79 Å². The Morgan fingerprint density at radius 3 is 2.86 bits per heavy atom. The fourth-order valence-corrected chi connectivity index (χ4v) is 2.66. The van der Waals surface area contributed by atoms with Crippen molar-refractivity contribution >= 4 is 11.6 Å². The zero-order chi connectivity index (χ0) is 15.5. The van der Waals surface area contributed by atoms with Crippen LogP contribution in [0.5, 0.6) is 5.75 Å². The van der Waals surface area contributed by atoms with E-state index in [1.54, 1.807) is 0 Å². The zero-order valence-electron chi connectivity index (χ0n) is 12.8. The number of amides is 1. The molecule has 4 nitrogen and oxygen atoms in total. The summed E-state index contributed by atoms with van der Waals surface area (Å²) in [6.45, 7) is 5.65. The predicted octanol–water partition coefficient (Wildman–Crippen LogP) is 2.80. The number of hydrogen-bond donors (Lipinski definition) is 2. The molecule has 1 aromatic carbocycles. The molecule has 1 aliphatic rings. The normalized spacial score (nSPS) is 19.1. The molecule has 0 saturated carbocycles. The van der Waals surface area contributed by atoms with E-state index in [1.165, 1.54) is 25.3 Å². The van der Waals surface area contributed by atoms with Crippen molar-refractivity contribution in [2.24, 2.45) is 11.3 Å². The van der Waals surface area contributed by atoms with Crippen molar-refractivity contribution in [3.8, 4) is 5.75 Å². The molecule has 0 radical (unpaired) electrons. The number of ether oxygens (including phenoxy) is 1. The van der Waals surface area contributed by atoms with E-state index in [-0.39, 0.29) is 17.5 Å². The number of benzene rings is 1. The van der Waals surface area contributed by atoms with Crippen molar-refractivity contribution in [2.45, 2.75) is 26.7 Å². The van der Waals surface area contributed by atoms with E-state index in [0.29, 0.717) is 5.75 Å². The first-order valence-electron chi connectivity index (χ1n) is 7.31. The van der Waals surface area contributed by atoms with Gasteiger partial charge in [0.1, 0.15) is 11.6 Å². The maximum Gasteiger partial charge on any atom is 0.230 e. The Morgan fingerprint density at radius 2 is 2.24 bits per heavy atom. The number of anilines is 1. The third-order valence-corrected chi connectivity index (χ3v) is 4.32. The van der Waals surface area contributed by atoms with Crippen LogP contribution in [0.3, 0.4) is 0 Å². The molecule has 0 bridgehead atoms. The summed E-state index contributed by atoms with van der Waals surface area (Å²) < 4.78 is 18.9. The van der Waals surface area contributed by atoms with Gasteiger partial charge in [-0.1, -0.05) is 13.8 Å². The summed E-state index contributed by atoms with van der Waals surface area (Å²) in [5.74, 6) is 0.147. The second kappa shape index (κ2) is 6.43. The lowest BCUT2D eigenvalue weighted by atomic mass is 9.74. The lowest BCUT2D eigenvalue weighted by Crippen LogP contribution is -2.44. The molecule has 5 heteroatoms. The third kappa shape index (κ3) is 3.53. The number of methoxy groups -OCH3 is 1. The highest BCUT2D eigenvalue weighted by Gasteiger charge is 2.37. The summed E-state index contributed by atoms with van der Waals surface area (Å²) in [6.07, 6.45) is 2.07. The van der Waals surface area contributed by atoms with Crippen LogP contribution < -0.4 is 15.4 Å². The first kappa shape index (κ1) is 15.8. The molecule has 116 valence electrons. The van der Waals surface area contributed by atoms with Gasteiger partial charge >= 0.3 is 0 Å². The number of halogens is 1. The van der Waals surface area contributed by atoms with Crippen LogP contribution in [0.15, 0.2) is 18.2 Å². The van der Waals surface area contributed by atoms with Gasteiger partial charge in [0.15, 0.2) is 0 Å². The Hall–Kier alpha value is -1.62. The Labute approximate surface area is 125 Å².